The van der Waals surface area contributed by atoms with E-state index in [2.05, 4.69) is 20.6 Å². The van der Waals surface area contributed by atoms with Gasteiger partial charge in [0.25, 0.3) is 0 Å². The number of benzene rings is 1. The number of aryl methyl sites for hydroxylation is 1. The van der Waals surface area contributed by atoms with Crippen molar-refractivity contribution in [3.63, 3.8) is 0 Å². The highest BCUT2D eigenvalue weighted by Gasteiger charge is 2.43. The van der Waals surface area contributed by atoms with E-state index in [1.165, 1.54) is 16.5 Å². The van der Waals surface area contributed by atoms with E-state index in [4.69, 9.17) is 4.74 Å². The highest BCUT2D eigenvalue weighted by Crippen LogP contribution is 2.30. The van der Waals surface area contributed by atoms with E-state index in [1.807, 2.05) is 32.0 Å². The fourth-order valence-corrected chi connectivity index (χ4v) is 4.05. The lowest BCUT2D eigenvalue weighted by atomic mass is 9.86. The third-order valence-corrected chi connectivity index (χ3v) is 5.97. The molecule has 3 rings (SSSR count). The Hall–Kier alpha value is -3.01. The van der Waals surface area contributed by atoms with E-state index in [0.717, 1.165) is 6.42 Å². The van der Waals surface area contributed by atoms with Crippen molar-refractivity contribution in [2.45, 2.75) is 58.2 Å². The summed E-state index contributed by atoms with van der Waals surface area (Å²) in [6, 6.07) is 7.27. The van der Waals surface area contributed by atoms with Crippen molar-refractivity contribution in [1.82, 2.24) is 24.7 Å². The Balaban J connectivity index is 1.68. The predicted molar refractivity (Wildman–Crippen MR) is 120 cm³/mol. The Morgan fingerprint density at radius 3 is 2.34 bits per heavy atom. The minimum Gasteiger partial charge on any atom is -0.467 e. The third kappa shape index (κ3) is 5.07. The number of hydrogen-bond donors (Lipinski definition) is 1. The summed E-state index contributed by atoms with van der Waals surface area (Å²) in [6.45, 7) is 6.71. The quantitative estimate of drug-likeness (QED) is 0.434. The highest BCUT2D eigenvalue weighted by molar-refractivity contribution is 6.01. The molecule has 32 heavy (non-hydrogen) atoms. The number of tetrazole rings is 1. The van der Waals surface area contributed by atoms with Gasteiger partial charge < -0.3 is 15.0 Å². The molecule has 0 saturated carbocycles. The van der Waals surface area contributed by atoms with Gasteiger partial charge in [0.05, 0.1) is 13.7 Å². The molecule has 0 bridgehead atoms. The molecular formula is C22H32N6O4. The molecular weight excluding hydrogens is 412 g/mol. The summed E-state index contributed by atoms with van der Waals surface area (Å²) >= 11 is 0. The molecule has 2 aromatic rings. The van der Waals surface area contributed by atoms with Gasteiger partial charge in [-0.05, 0) is 41.8 Å². The zero-order valence-electron chi connectivity index (χ0n) is 19.0. The highest BCUT2D eigenvalue weighted by atomic mass is 16.5. The monoisotopic (exact) mass is 444 g/mol. The second-order valence-electron chi connectivity index (χ2n) is 8.07. The lowest BCUT2D eigenvalue weighted by Gasteiger charge is -2.41. The van der Waals surface area contributed by atoms with Gasteiger partial charge in [0.2, 0.25) is 0 Å². The van der Waals surface area contributed by atoms with Crippen molar-refractivity contribution >= 4 is 17.4 Å². The molecule has 10 nitrogen and oxygen atoms in total. The number of hydrogen-bond acceptors (Lipinski definition) is 8. The van der Waals surface area contributed by atoms with Crippen LogP contribution in [0.3, 0.4) is 0 Å². The van der Waals surface area contributed by atoms with Crippen LogP contribution in [0.15, 0.2) is 29.1 Å². The maximum Gasteiger partial charge on any atom is 0.363 e. The number of aromatic nitrogens is 4. The molecule has 1 N–H and O–H groups in total. The summed E-state index contributed by atoms with van der Waals surface area (Å²) in [6.07, 6.45) is 2.25. The van der Waals surface area contributed by atoms with Crippen LogP contribution in [0.2, 0.25) is 0 Å². The molecule has 0 unspecified atom stereocenters. The summed E-state index contributed by atoms with van der Waals surface area (Å²) < 4.78 is 7.88. The number of methoxy groups -OCH3 is 1. The molecule has 0 amide bonds. The van der Waals surface area contributed by atoms with Gasteiger partial charge in [0.15, 0.2) is 5.78 Å². The first-order valence-electron chi connectivity index (χ1n) is 11.2. The van der Waals surface area contributed by atoms with Crippen LogP contribution in [0.5, 0.6) is 0 Å². The number of esters is 1. The van der Waals surface area contributed by atoms with Crippen molar-refractivity contribution < 1.29 is 14.3 Å². The summed E-state index contributed by atoms with van der Waals surface area (Å²) in [5.41, 5.74) is 0.121. The SMILES string of the molecule is CCCn1nnn(CCN2CCC(Nc3ccccc3C(=O)CC)(C(=O)OC)CC2)c1=O. The molecule has 0 radical (unpaired) electrons. The second kappa shape index (κ2) is 10.5. The molecule has 1 saturated heterocycles. The van der Waals surface area contributed by atoms with Gasteiger partial charge in [-0.2, -0.15) is 9.36 Å². The average molecular weight is 445 g/mol. The van der Waals surface area contributed by atoms with Crippen molar-refractivity contribution in [2.75, 3.05) is 32.1 Å². The molecule has 174 valence electrons. The zero-order valence-corrected chi connectivity index (χ0v) is 19.0. The third-order valence-electron chi connectivity index (χ3n) is 5.97. The number of anilines is 1. The largest absolute Gasteiger partial charge is 0.467 e. The van der Waals surface area contributed by atoms with Crippen molar-refractivity contribution in [3.05, 3.63) is 40.3 Å². The lowest BCUT2D eigenvalue weighted by molar-refractivity contribution is -0.147. The molecule has 1 aromatic heterocycles. The molecule has 0 aliphatic carbocycles. The maximum atomic E-state index is 12.8. The number of rotatable bonds is 10. The van der Waals surface area contributed by atoms with Crippen molar-refractivity contribution in [1.29, 1.82) is 0 Å². The van der Waals surface area contributed by atoms with E-state index in [0.29, 0.717) is 63.2 Å². The van der Waals surface area contributed by atoms with E-state index < -0.39 is 5.54 Å². The predicted octanol–water partition coefficient (Wildman–Crippen LogP) is 1.56. The first kappa shape index (κ1) is 23.6. The molecule has 1 fully saturated rings. The van der Waals surface area contributed by atoms with E-state index >= 15 is 0 Å². The standard InChI is InChI=1S/C22H32N6O4/c1-4-12-27-21(31)28(25-24-27)16-15-26-13-10-22(11-14-26,20(30)32-3)23-18-9-7-6-8-17(18)19(29)5-2/h6-9,23H,4-5,10-16H2,1-3H3. The van der Waals surface area contributed by atoms with Gasteiger partial charge in [-0.25, -0.2) is 9.59 Å². The number of ether oxygens (including phenoxy) is 1. The summed E-state index contributed by atoms with van der Waals surface area (Å²) in [7, 11) is 1.38. The Morgan fingerprint density at radius 1 is 1.06 bits per heavy atom. The van der Waals surface area contributed by atoms with Crippen LogP contribution in [0.4, 0.5) is 5.69 Å². The first-order valence-corrected chi connectivity index (χ1v) is 11.2. The first-order chi connectivity index (χ1) is 15.4. The molecule has 0 atom stereocenters. The summed E-state index contributed by atoms with van der Waals surface area (Å²) in [5, 5.41) is 11.2. The van der Waals surface area contributed by atoms with Crippen LogP contribution in [-0.2, 0) is 22.6 Å². The lowest BCUT2D eigenvalue weighted by Crippen LogP contribution is -2.55. The zero-order chi connectivity index (χ0) is 23.1. The molecule has 0 spiro atoms. The normalized spacial score (nSPS) is 16.0. The van der Waals surface area contributed by atoms with Crippen LogP contribution in [0.25, 0.3) is 0 Å². The number of carbonyl (C=O) groups excluding carboxylic acids is 2. The van der Waals surface area contributed by atoms with Gasteiger partial charge >= 0.3 is 11.7 Å². The minimum absolute atomic E-state index is 0.0205. The van der Waals surface area contributed by atoms with Crippen LogP contribution in [0.1, 0.15) is 49.9 Å². The van der Waals surface area contributed by atoms with Gasteiger partial charge in [-0.1, -0.05) is 26.0 Å². The number of ketones is 1. The Bertz CT molecular complexity index is 990. The molecule has 1 aromatic carbocycles. The smallest absolute Gasteiger partial charge is 0.363 e. The maximum absolute atomic E-state index is 12.8. The summed E-state index contributed by atoms with van der Waals surface area (Å²) in [4.78, 5) is 39.6. The van der Waals surface area contributed by atoms with E-state index in [-0.39, 0.29) is 17.4 Å². The van der Waals surface area contributed by atoms with Crippen LogP contribution >= 0.6 is 0 Å². The van der Waals surface area contributed by atoms with Gasteiger partial charge in [0.1, 0.15) is 5.54 Å². The minimum atomic E-state index is -0.906. The molecule has 2 heterocycles. The fourth-order valence-electron chi connectivity index (χ4n) is 4.05. The summed E-state index contributed by atoms with van der Waals surface area (Å²) in [5.74, 6) is -0.318. The number of piperidine rings is 1. The number of carbonyl (C=O) groups is 2. The fraction of sp³-hybridized carbons (Fsp3) is 0.591. The van der Waals surface area contributed by atoms with Gasteiger partial charge in [-0.15, -0.1) is 0 Å². The van der Waals surface area contributed by atoms with Gasteiger partial charge in [0, 0.05) is 43.9 Å². The van der Waals surface area contributed by atoms with E-state index in [9.17, 15) is 14.4 Å². The average Bonchev–Trinajstić information content (AvgIpc) is 3.17. The van der Waals surface area contributed by atoms with Crippen molar-refractivity contribution in [2.24, 2.45) is 0 Å². The molecule has 1 aliphatic heterocycles. The van der Waals surface area contributed by atoms with Crippen LogP contribution in [-0.4, -0.2) is 68.7 Å². The Labute approximate surface area is 187 Å². The van der Waals surface area contributed by atoms with Crippen molar-refractivity contribution in [3.8, 4) is 0 Å². The number of nitrogens with zero attached hydrogens (tertiary/aromatic N) is 5. The second-order valence-corrected chi connectivity index (χ2v) is 8.07. The topological polar surface area (TPSA) is 111 Å². The molecule has 1 aliphatic rings. The van der Waals surface area contributed by atoms with Gasteiger partial charge in [-0.3, -0.25) is 4.79 Å². The van der Waals surface area contributed by atoms with Crippen LogP contribution in [0, 0.1) is 0 Å². The number of likely N-dealkylation sites (tertiary alicyclic amines) is 1. The Morgan fingerprint density at radius 2 is 1.72 bits per heavy atom. The Kier molecular flexibility index (Phi) is 7.79. The van der Waals surface area contributed by atoms with Crippen LogP contribution < -0.4 is 11.0 Å². The molecule has 10 heteroatoms. The number of nitrogens with one attached hydrogen (secondary N) is 1. The number of para-hydroxylation sites is 1. The number of Topliss-reactive ketones (excluding diaryl/α,β-unsaturated/α-hetero) is 1. The van der Waals surface area contributed by atoms with E-state index in [1.54, 1.807) is 6.07 Å².